The van der Waals surface area contributed by atoms with E-state index in [4.69, 9.17) is 0 Å². The van der Waals surface area contributed by atoms with Crippen LogP contribution in [0, 0.1) is 6.92 Å². The molecule has 1 aliphatic rings. The summed E-state index contributed by atoms with van der Waals surface area (Å²) in [4.78, 5) is 17.2. The highest BCUT2D eigenvalue weighted by atomic mass is 79.9. The van der Waals surface area contributed by atoms with E-state index in [9.17, 15) is 13.2 Å². The van der Waals surface area contributed by atoms with Crippen LogP contribution in [0.2, 0.25) is 0 Å². The van der Waals surface area contributed by atoms with E-state index < -0.39 is 16.1 Å². The van der Waals surface area contributed by atoms with E-state index in [2.05, 4.69) is 26.2 Å². The number of hydrogen-bond donors (Lipinski definition) is 1. The number of fused-ring (bicyclic) bond motifs is 1. The summed E-state index contributed by atoms with van der Waals surface area (Å²) in [7, 11) is -3.69. The molecular formula is C17H16BrN3O3S3. The number of halogens is 1. The average molecular weight is 486 g/mol. The molecule has 0 spiro atoms. The Labute approximate surface area is 173 Å². The Morgan fingerprint density at radius 2 is 2.11 bits per heavy atom. The second-order valence-electron chi connectivity index (χ2n) is 6.31. The van der Waals surface area contributed by atoms with Gasteiger partial charge in [-0.15, -0.1) is 11.3 Å². The van der Waals surface area contributed by atoms with Crippen molar-refractivity contribution in [3.8, 4) is 0 Å². The number of thiophene rings is 1. The number of rotatable bonds is 4. The van der Waals surface area contributed by atoms with Crippen molar-refractivity contribution in [1.29, 1.82) is 0 Å². The maximum Gasteiger partial charge on any atom is 0.253 e. The van der Waals surface area contributed by atoms with Crippen LogP contribution in [-0.4, -0.2) is 36.2 Å². The van der Waals surface area contributed by atoms with Crippen molar-refractivity contribution in [2.24, 2.45) is 0 Å². The van der Waals surface area contributed by atoms with Gasteiger partial charge in [0.15, 0.2) is 5.13 Å². The molecule has 3 heterocycles. The van der Waals surface area contributed by atoms with Crippen LogP contribution < -0.4 is 5.32 Å². The number of aryl methyl sites for hydroxylation is 1. The smallest absolute Gasteiger partial charge is 0.253 e. The van der Waals surface area contributed by atoms with Crippen LogP contribution in [0.4, 0.5) is 5.13 Å². The number of aromatic nitrogens is 1. The topological polar surface area (TPSA) is 79.4 Å². The fourth-order valence-electron chi connectivity index (χ4n) is 3.12. The molecule has 0 saturated carbocycles. The van der Waals surface area contributed by atoms with Gasteiger partial charge in [-0.2, -0.15) is 4.31 Å². The molecule has 1 atom stereocenters. The molecule has 27 heavy (non-hydrogen) atoms. The third-order valence-corrected chi connectivity index (χ3v) is 9.32. The third kappa shape index (κ3) is 3.68. The van der Waals surface area contributed by atoms with Crippen molar-refractivity contribution in [2.75, 3.05) is 11.9 Å². The van der Waals surface area contributed by atoms with E-state index >= 15 is 0 Å². The molecule has 0 aliphatic carbocycles. The molecule has 142 valence electrons. The highest BCUT2D eigenvalue weighted by Crippen LogP contribution is 2.33. The summed E-state index contributed by atoms with van der Waals surface area (Å²) in [6, 6.07) is 8.45. The molecule has 4 rings (SSSR count). The maximum absolute atomic E-state index is 12.9. The predicted molar refractivity (Wildman–Crippen MR) is 112 cm³/mol. The van der Waals surface area contributed by atoms with Crippen molar-refractivity contribution < 1.29 is 13.2 Å². The third-order valence-electron chi connectivity index (χ3n) is 4.39. The van der Waals surface area contributed by atoms with Crippen LogP contribution in [0.3, 0.4) is 0 Å². The molecule has 1 N–H and O–H groups in total. The highest BCUT2D eigenvalue weighted by Gasteiger charge is 2.40. The van der Waals surface area contributed by atoms with E-state index in [1.54, 1.807) is 12.1 Å². The number of hydrogen-bond acceptors (Lipinski definition) is 6. The predicted octanol–water partition coefficient (Wildman–Crippen LogP) is 4.22. The SMILES string of the molecule is Cc1ccc2nc(NC(=O)[C@@H]3CCCN3S(=O)(=O)c3ccc(Br)s3)sc2c1. The Morgan fingerprint density at radius 1 is 1.30 bits per heavy atom. The fourth-order valence-corrected chi connectivity index (χ4v) is 7.88. The first kappa shape index (κ1) is 19.0. The van der Waals surface area contributed by atoms with E-state index in [-0.39, 0.29) is 10.1 Å². The summed E-state index contributed by atoms with van der Waals surface area (Å²) in [5, 5.41) is 3.30. The summed E-state index contributed by atoms with van der Waals surface area (Å²) < 4.78 is 29.1. The lowest BCUT2D eigenvalue weighted by Gasteiger charge is -2.22. The summed E-state index contributed by atoms with van der Waals surface area (Å²) in [6.45, 7) is 2.34. The van der Waals surface area contributed by atoms with Crippen LogP contribution >= 0.6 is 38.6 Å². The number of carbonyl (C=O) groups excluding carboxylic acids is 1. The van der Waals surface area contributed by atoms with Crippen molar-refractivity contribution in [1.82, 2.24) is 9.29 Å². The van der Waals surface area contributed by atoms with Gasteiger partial charge in [0.25, 0.3) is 10.0 Å². The van der Waals surface area contributed by atoms with E-state index in [0.29, 0.717) is 24.5 Å². The molecular weight excluding hydrogens is 470 g/mol. The Hall–Kier alpha value is -1.33. The number of nitrogens with zero attached hydrogens (tertiary/aromatic N) is 2. The van der Waals surface area contributed by atoms with Gasteiger partial charge in [-0.05, 0) is 65.5 Å². The molecule has 2 aromatic heterocycles. The lowest BCUT2D eigenvalue weighted by atomic mass is 10.2. The lowest BCUT2D eigenvalue weighted by Crippen LogP contribution is -2.42. The zero-order valence-electron chi connectivity index (χ0n) is 14.3. The van der Waals surface area contributed by atoms with Crippen LogP contribution in [0.25, 0.3) is 10.2 Å². The molecule has 1 saturated heterocycles. The maximum atomic E-state index is 12.9. The molecule has 10 heteroatoms. The standard InChI is InChI=1S/C17H16BrN3O3S3/c1-10-4-5-11-13(9-10)25-17(19-11)20-16(22)12-3-2-8-21(12)27(23,24)15-7-6-14(18)26-15/h4-7,9,12H,2-3,8H2,1H3,(H,19,20,22)/t12-/m0/s1. The zero-order chi connectivity index (χ0) is 19.2. The van der Waals surface area contributed by atoms with Crippen LogP contribution in [0.5, 0.6) is 0 Å². The van der Waals surface area contributed by atoms with Crippen molar-refractivity contribution in [3.05, 3.63) is 39.7 Å². The largest absolute Gasteiger partial charge is 0.301 e. The van der Waals surface area contributed by atoms with Gasteiger partial charge < -0.3 is 5.32 Å². The van der Waals surface area contributed by atoms with Gasteiger partial charge in [0.05, 0.1) is 14.0 Å². The number of thiazole rings is 1. The molecule has 1 aliphatic heterocycles. The molecule has 6 nitrogen and oxygen atoms in total. The molecule has 3 aromatic rings. The van der Waals surface area contributed by atoms with Gasteiger partial charge in [-0.1, -0.05) is 17.4 Å². The minimum atomic E-state index is -3.69. The van der Waals surface area contributed by atoms with Gasteiger partial charge in [0, 0.05) is 6.54 Å². The monoisotopic (exact) mass is 485 g/mol. The van der Waals surface area contributed by atoms with Crippen LogP contribution in [0.1, 0.15) is 18.4 Å². The molecule has 1 amide bonds. The van der Waals surface area contributed by atoms with Gasteiger partial charge >= 0.3 is 0 Å². The van der Waals surface area contributed by atoms with Gasteiger partial charge in [0.1, 0.15) is 10.3 Å². The first-order valence-electron chi connectivity index (χ1n) is 8.30. The Kier molecular flexibility index (Phi) is 5.10. The summed E-state index contributed by atoms with van der Waals surface area (Å²) in [5.74, 6) is -0.331. The van der Waals surface area contributed by atoms with E-state index in [1.165, 1.54) is 15.6 Å². The van der Waals surface area contributed by atoms with E-state index in [1.807, 2.05) is 25.1 Å². The lowest BCUT2D eigenvalue weighted by molar-refractivity contribution is -0.119. The molecule has 0 radical (unpaired) electrons. The van der Waals surface area contributed by atoms with Crippen molar-refractivity contribution in [2.45, 2.75) is 30.0 Å². The summed E-state index contributed by atoms with van der Waals surface area (Å²) in [5.41, 5.74) is 1.94. The molecule has 0 unspecified atom stereocenters. The van der Waals surface area contributed by atoms with Crippen molar-refractivity contribution in [3.63, 3.8) is 0 Å². The zero-order valence-corrected chi connectivity index (χ0v) is 18.3. The summed E-state index contributed by atoms with van der Waals surface area (Å²) >= 11 is 5.83. The number of anilines is 1. The summed E-state index contributed by atoms with van der Waals surface area (Å²) in [6.07, 6.45) is 1.16. The Bertz CT molecular complexity index is 1120. The van der Waals surface area contributed by atoms with Gasteiger partial charge in [-0.3, -0.25) is 4.79 Å². The number of sulfonamides is 1. The first-order valence-corrected chi connectivity index (χ1v) is 12.2. The van der Waals surface area contributed by atoms with E-state index in [0.717, 1.165) is 30.9 Å². The van der Waals surface area contributed by atoms with Gasteiger partial charge in [-0.25, -0.2) is 13.4 Å². The van der Waals surface area contributed by atoms with Crippen molar-refractivity contribution >= 4 is 69.9 Å². The Morgan fingerprint density at radius 3 is 2.85 bits per heavy atom. The second kappa shape index (κ2) is 7.25. The first-order chi connectivity index (χ1) is 12.8. The second-order valence-corrected chi connectivity index (χ2v) is 11.9. The van der Waals surface area contributed by atoms with Gasteiger partial charge in [0.2, 0.25) is 5.91 Å². The fraction of sp³-hybridized carbons (Fsp3) is 0.294. The van der Waals surface area contributed by atoms with Crippen LogP contribution in [-0.2, 0) is 14.8 Å². The molecule has 0 bridgehead atoms. The molecule has 1 fully saturated rings. The number of amides is 1. The minimum Gasteiger partial charge on any atom is -0.301 e. The van der Waals surface area contributed by atoms with Crippen LogP contribution in [0.15, 0.2) is 38.3 Å². The number of nitrogens with one attached hydrogen (secondary N) is 1. The minimum absolute atomic E-state index is 0.240. The highest BCUT2D eigenvalue weighted by molar-refractivity contribution is 9.11. The Balaban J connectivity index is 1.56. The average Bonchev–Trinajstić information content (AvgIpc) is 3.32. The normalized spacial score (nSPS) is 18.2. The number of benzene rings is 1. The molecule has 1 aromatic carbocycles. The number of carbonyl (C=O) groups is 1. The quantitative estimate of drug-likeness (QED) is 0.599.